The number of primary amides is 1. The highest BCUT2D eigenvalue weighted by molar-refractivity contribution is 5.93. The quantitative estimate of drug-likeness (QED) is 0.864. The molecule has 146 valence electrons. The van der Waals surface area contributed by atoms with Gasteiger partial charge in [0.25, 0.3) is 0 Å². The van der Waals surface area contributed by atoms with Crippen LogP contribution in [0.25, 0.3) is 0 Å². The molecule has 1 amide bonds. The maximum Gasteiger partial charge on any atom is 0.248 e. The van der Waals surface area contributed by atoms with Crippen molar-refractivity contribution in [1.82, 2.24) is 4.90 Å². The molecular formula is C22H29ClN2O2. The molecular weight excluding hydrogens is 360 g/mol. The highest BCUT2D eigenvalue weighted by atomic mass is 35.5. The molecule has 2 N–H and O–H groups in total. The van der Waals surface area contributed by atoms with Crippen molar-refractivity contribution in [2.24, 2.45) is 17.6 Å². The smallest absolute Gasteiger partial charge is 0.248 e. The molecule has 1 aromatic carbocycles. The van der Waals surface area contributed by atoms with Crippen molar-refractivity contribution >= 4 is 24.1 Å². The first kappa shape index (κ1) is 18.9. The lowest BCUT2D eigenvalue weighted by Gasteiger charge is -2.59. The van der Waals surface area contributed by atoms with Gasteiger partial charge in [0.2, 0.25) is 5.91 Å². The number of likely N-dealkylation sites (tertiary alicyclic amines) is 1. The van der Waals surface area contributed by atoms with Gasteiger partial charge < -0.3 is 5.73 Å². The van der Waals surface area contributed by atoms with E-state index in [2.05, 4.69) is 11.0 Å². The van der Waals surface area contributed by atoms with Crippen LogP contribution in [0.4, 0.5) is 0 Å². The number of benzene rings is 1. The van der Waals surface area contributed by atoms with E-state index in [1.54, 1.807) is 0 Å². The molecule has 27 heavy (non-hydrogen) atoms. The van der Waals surface area contributed by atoms with E-state index in [1.807, 2.05) is 12.1 Å². The van der Waals surface area contributed by atoms with Crippen molar-refractivity contribution in [2.75, 3.05) is 13.1 Å². The minimum atomic E-state index is -0.368. The third-order valence-electron chi connectivity index (χ3n) is 7.81. The van der Waals surface area contributed by atoms with Gasteiger partial charge >= 0.3 is 0 Å². The van der Waals surface area contributed by atoms with Gasteiger partial charge in [-0.05, 0) is 73.7 Å². The Hall–Kier alpha value is -1.39. The van der Waals surface area contributed by atoms with Gasteiger partial charge in [-0.1, -0.05) is 12.5 Å². The minimum absolute atomic E-state index is 0. The molecule has 5 heteroatoms. The Balaban J connectivity index is 0.00000180. The van der Waals surface area contributed by atoms with Gasteiger partial charge in [-0.15, -0.1) is 12.4 Å². The summed E-state index contributed by atoms with van der Waals surface area (Å²) >= 11 is 0. The molecule has 3 fully saturated rings. The third kappa shape index (κ3) is 2.92. The fourth-order valence-electron chi connectivity index (χ4n) is 6.29. The summed E-state index contributed by atoms with van der Waals surface area (Å²) in [5, 5.41) is 0. The van der Waals surface area contributed by atoms with E-state index in [0.717, 1.165) is 38.1 Å². The first-order valence-electron chi connectivity index (χ1n) is 10.3. The second-order valence-corrected chi connectivity index (χ2v) is 9.07. The number of piperidine rings is 1. The normalized spacial score (nSPS) is 32.7. The van der Waals surface area contributed by atoms with Crippen LogP contribution in [0.5, 0.6) is 0 Å². The first-order valence-corrected chi connectivity index (χ1v) is 10.3. The van der Waals surface area contributed by atoms with E-state index in [1.165, 1.54) is 36.9 Å². The van der Waals surface area contributed by atoms with Crippen LogP contribution in [0.15, 0.2) is 18.2 Å². The van der Waals surface area contributed by atoms with E-state index < -0.39 is 0 Å². The third-order valence-corrected chi connectivity index (χ3v) is 7.81. The average molecular weight is 389 g/mol. The number of ketones is 1. The second kappa shape index (κ2) is 6.89. The molecule has 3 aliphatic carbocycles. The number of nitrogens with zero attached hydrogens (tertiary/aromatic N) is 1. The predicted octanol–water partition coefficient (Wildman–Crippen LogP) is 3.24. The topological polar surface area (TPSA) is 63.4 Å². The zero-order valence-electron chi connectivity index (χ0n) is 15.8. The summed E-state index contributed by atoms with van der Waals surface area (Å²) in [6.45, 7) is 2.32. The van der Waals surface area contributed by atoms with E-state index >= 15 is 0 Å². The monoisotopic (exact) mass is 388 g/mol. The van der Waals surface area contributed by atoms with Crippen molar-refractivity contribution in [1.29, 1.82) is 0 Å². The molecule has 3 atom stereocenters. The SMILES string of the molecule is Cl.NC(=O)c1ccc2c(c1)[C@]13CCN(CC4CCC4)[C@H](C2)[C@@H]1CCC(=O)C3. The molecule has 4 aliphatic rings. The number of rotatable bonds is 3. The molecule has 0 spiro atoms. The van der Waals surface area contributed by atoms with E-state index in [0.29, 0.717) is 29.7 Å². The molecule has 1 aromatic rings. The molecule has 4 nitrogen and oxygen atoms in total. The highest BCUT2D eigenvalue weighted by Crippen LogP contribution is 2.55. The summed E-state index contributed by atoms with van der Waals surface area (Å²) < 4.78 is 0. The van der Waals surface area contributed by atoms with Crippen molar-refractivity contribution in [2.45, 2.75) is 62.8 Å². The Kier molecular flexibility index (Phi) is 4.84. The number of carbonyl (C=O) groups excluding carboxylic acids is 2. The number of hydrogen-bond donors (Lipinski definition) is 1. The molecule has 0 radical (unpaired) electrons. The number of fused-ring (bicyclic) bond motifs is 1. The molecule has 0 unspecified atom stereocenters. The van der Waals surface area contributed by atoms with Crippen molar-refractivity contribution in [3.8, 4) is 0 Å². The Morgan fingerprint density at radius 3 is 2.78 bits per heavy atom. The number of halogens is 1. The Bertz CT molecular complexity index is 776. The molecule has 5 rings (SSSR count). The Labute approximate surface area is 167 Å². The standard InChI is InChI=1S/C22H28N2O2.ClH/c23-21(26)16-5-4-15-11-20-18-7-6-17(25)12-22(18,19(15)10-16)8-9-24(20)13-14-2-1-3-14;/h4-5,10,14,18,20H,1-3,6-9,11-13H2,(H2,23,26);1H/t18-,20+,22-;/m0./s1. The average Bonchev–Trinajstić information content (AvgIpc) is 2.58. The lowest BCUT2D eigenvalue weighted by Crippen LogP contribution is -2.62. The number of amides is 1. The molecule has 2 bridgehead atoms. The highest BCUT2D eigenvalue weighted by Gasteiger charge is 2.55. The minimum Gasteiger partial charge on any atom is -0.366 e. The van der Waals surface area contributed by atoms with Crippen LogP contribution >= 0.6 is 12.4 Å². The zero-order valence-corrected chi connectivity index (χ0v) is 16.6. The van der Waals surface area contributed by atoms with Crippen LogP contribution in [-0.2, 0) is 16.6 Å². The van der Waals surface area contributed by atoms with Crippen LogP contribution < -0.4 is 5.73 Å². The number of hydrogen-bond acceptors (Lipinski definition) is 3. The lowest BCUT2D eigenvalue weighted by atomic mass is 9.52. The van der Waals surface area contributed by atoms with Crippen LogP contribution in [0.2, 0.25) is 0 Å². The van der Waals surface area contributed by atoms with Crippen molar-refractivity contribution in [3.63, 3.8) is 0 Å². The van der Waals surface area contributed by atoms with Crippen LogP contribution in [0, 0.1) is 11.8 Å². The van der Waals surface area contributed by atoms with E-state index in [9.17, 15) is 9.59 Å². The molecule has 2 saturated carbocycles. The number of carbonyl (C=O) groups is 2. The summed E-state index contributed by atoms with van der Waals surface area (Å²) in [5.74, 6) is 1.45. The number of nitrogens with two attached hydrogens (primary N) is 1. The molecule has 1 heterocycles. The molecule has 1 saturated heterocycles. The Morgan fingerprint density at radius 2 is 2.07 bits per heavy atom. The van der Waals surface area contributed by atoms with E-state index in [4.69, 9.17) is 5.73 Å². The van der Waals surface area contributed by atoms with Crippen LogP contribution in [0.3, 0.4) is 0 Å². The maximum atomic E-state index is 12.5. The maximum absolute atomic E-state index is 12.5. The first-order chi connectivity index (χ1) is 12.6. The fourth-order valence-corrected chi connectivity index (χ4v) is 6.29. The summed E-state index contributed by atoms with van der Waals surface area (Å²) in [4.78, 5) is 26.9. The molecule has 0 aromatic heterocycles. The predicted molar refractivity (Wildman–Crippen MR) is 107 cm³/mol. The lowest BCUT2D eigenvalue weighted by molar-refractivity contribution is -0.127. The number of Topliss-reactive ketones (excluding diaryl/α,β-unsaturated/α-hetero) is 1. The Morgan fingerprint density at radius 1 is 1.26 bits per heavy atom. The zero-order chi connectivity index (χ0) is 17.9. The van der Waals surface area contributed by atoms with Crippen LogP contribution in [-0.4, -0.2) is 35.7 Å². The summed E-state index contributed by atoms with van der Waals surface area (Å²) in [6.07, 6.45) is 8.65. The van der Waals surface area contributed by atoms with Gasteiger partial charge in [0.05, 0.1) is 0 Å². The second-order valence-electron chi connectivity index (χ2n) is 9.07. The van der Waals surface area contributed by atoms with Gasteiger partial charge in [0, 0.05) is 36.4 Å². The van der Waals surface area contributed by atoms with E-state index in [-0.39, 0.29) is 23.7 Å². The van der Waals surface area contributed by atoms with Gasteiger partial charge in [0.15, 0.2) is 0 Å². The van der Waals surface area contributed by atoms with Gasteiger partial charge in [-0.2, -0.15) is 0 Å². The largest absolute Gasteiger partial charge is 0.366 e. The summed E-state index contributed by atoms with van der Waals surface area (Å²) in [6, 6.07) is 6.55. The van der Waals surface area contributed by atoms with Crippen molar-refractivity contribution < 1.29 is 9.59 Å². The van der Waals surface area contributed by atoms with Gasteiger partial charge in [-0.25, -0.2) is 0 Å². The van der Waals surface area contributed by atoms with Crippen LogP contribution in [0.1, 0.15) is 66.4 Å². The van der Waals surface area contributed by atoms with Crippen molar-refractivity contribution in [3.05, 3.63) is 34.9 Å². The van der Waals surface area contributed by atoms with Gasteiger partial charge in [0.1, 0.15) is 5.78 Å². The summed E-state index contributed by atoms with van der Waals surface area (Å²) in [5.41, 5.74) is 8.67. The fraction of sp³-hybridized carbons (Fsp3) is 0.636. The molecule has 1 aliphatic heterocycles. The summed E-state index contributed by atoms with van der Waals surface area (Å²) in [7, 11) is 0. The van der Waals surface area contributed by atoms with Gasteiger partial charge in [-0.3, -0.25) is 14.5 Å².